The molecule has 0 radical (unpaired) electrons. The lowest BCUT2D eigenvalue weighted by molar-refractivity contribution is 0.174. The lowest BCUT2D eigenvalue weighted by Crippen LogP contribution is -2.06. The van der Waals surface area contributed by atoms with Gasteiger partial charge in [-0.05, 0) is 23.0 Å². The Kier molecular flexibility index (Phi) is 6.06. The maximum atomic E-state index is 9.59. The smallest absolute Gasteiger partial charge is 0.0593 e. The Balaban J connectivity index is 2.19. The van der Waals surface area contributed by atoms with E-state index in [9.17, 15) is 5.11 Å². The lowest BCUT2D eigenvalue weighted by atomic mass is 10.2. The van der Waals surface area contributed by atoms with Crippen LogP contribution in [0.2, 0.25) is 0 Å². The predicted octanol–water partition coefficient (Wildman–Crippen LogP) is 3.83. The highest BCUT2D eigenvalue weighted by Gasteiger charge is 2.04. The van der Waals surface area contributed by atoms with Gasteiger partial charge in [0.05, 0.1) is 6.10 Å². The third-order valence-corrected chi connectivity index (χ3v) is 3.29. The molecular formula is C12H15BrOS. The van der Waals surface area contributed by atoms with Gasteiger partial charge in [0.2, 0.25) is 0 Å². The minimum atomic E-state index is -0.284. The number of hydrogen-bond donors (Lipinski definition) is 1. The van der Waals surface area contributed by atoms with Crippen LogP contribution in [-0.2, 0) is 0 Å². The van der Waals surface area contributed by atoms with Gasteiger partial charge in [0.15, 0.2) is 0 Å². The number of benzene rings is 1. The second-order valence-electron chi connectivity index (χ2n) is 3.33. The molecule has 1 aromatic carbocycles. The van der Waals surface area contributed by atoms with Crippen LogP contribution in [0.4, 0.5) is 0 Å². The Morgan fingerprint density at radius 1 is 1.40 bits per heavy atom. The molecule has 0 aliphatic rings. The summed E-state index contributed by atoms with van der Waals surface area (Å²) in [6.45, 7) is 3.71. The van der Waals surface area contributed by atoms with E-state index < -0.39 is 0 Å². The Hall–Kier alpha value is -0.250. The maximum Gasteiger partial charge on any atom is 0.0593 e. The summed E-state index contributed by atoms with van der Waals surface area (Å²) in [6.07, 6.45) is 1.15. The maximum absolute atomic E-state index is 9.59. The van der Waals surface area contributed by atoms with E-state index >= 15 is 0 Å². The summed E-state index contributed by atoms with van der Waals surface area (Å²) in [5, 5.41) is 9.59. The Bertz CT molecular complexity index is 300. The highest BCUT2D eigenvalue weighted by molar-refractivity contribution is 9.11. The largest absolute Gasteiger partial charge is 0.393 e. The van der Waals surface area contributed by atoms with E-state index in [1.54, 1.807) is 11.8 Å². The van der Waals surface area contributed by atoms with Crippen LogP contribution in [0.3, 0.4) is 0 Å². The third-order valence-electron chi connectivity index (χ3n) is 1.92. The molecule has 82 valence electrons. The van der Waals surface area contributed by atoms with Gasteiger partial charge in [0, 0.05) is 17.1 Å². The molecule has 1 rings (SSSR count). The highest BCUT2D eigenvalue weighted by atomic mass is 79.9. The van der Waals surface area contributed by atoms with E-state index in [0.29, 0.717) is 6.42 Å². The first kappa shape index (κ1) is 12.8. The molecule has 3 heteroatoms. The molecule has 0 fully saturated rings. The van der Waals surface area contributed by atoms with Crippen LogP contribution < -0.4 is 0 Å². The Morgan fingerprint density at radius 2 is 2.07 bits per heavy atom. The minimum absolute atomic E-state index is 0.284. The van der Waals surface area contributed by atoms with Crippen molar-refractivity contribution >= 4 is 27.7 Å². The van der Waals surface area contributed by atoms with Crippen LogP contribution in [0, 0.1) is 0 Å². The number of rotatable bonds is 6. The van der Waals surface area contributed by atoms with Crippen LogP contribution in [0.25, 0.3) is 0 Å². The van der Waals surface area contributed by atoms with Gasteiger partial charge >= 0.3 is 0 Å². The summed E-state index contributed by atoms with van der Waals surface area (Å²) in [4.78, 5) is 1.25. The average Bonchev–Trinajstić information content (AvgIpc) is 2.18. The van der Waals surface area contributed by atoms with Crippen LogP contribution in [0.15, 0.2) is 46.3 Å². The van der Waals surface area contributed by atoms with Crippen molar-refractivity contribution in [3.05, 3.63) is 41.4 Å². The van der Waals surface area contributed by atoms with Gasteiger partial charge in [0.25, 0.3) is 0 Å². The molecule has 0 aliphatic carbocycles. The van der Waals surface area contributed by atoms with Crippen molar-refractivity contribution in [3.63, 3.8) is 0 Å². The van der Waals surface area contributed by atoms with Crippen molar-refractivity contribution in [2.45, 2.75) is 23.8 Å². The lowest BCUT2D eigenvalue weighted by Gasteiger charge is -2.08. The first-order valence-electron chi connectivity index (χ1n) is 4.87. The summed E-state index contributed by atoms with van der Waals surface area (Å²) in [5.74, 6) is 0.936. The van der Waals surface area contributed by atoms with Gasteiger partial charge in [-0.1, -0.05) is 40.7 Å². The van der Waals surface area contributed by atoms with Crippen LogP contribution in [-0.4, -0.2) is 17.0 Å². The van der Waals surface area contributed by atoms with Crippen LogP contribution in [0.1, 0.15) is 12.8 Å². The molecule has 1 nitrogen and oxygen atoms in total. The van der Waals surface area contributed by atoms with Crippen molar-refractivity contribution in [1.82, 2.24) is 0 Å². The van der Waals surface area contributed by atoms with E-state index in [1.807, 2.05) is 18.2 Å². The first-order valence-corrected chi connectivity index (χ1v) is 6.65. The van der Waals surface area contributed by atoms with Crippen molar-refractivity contribution in [2.75, 3.05) is 5.75 Å². The van der Waals surface area contributed by atoms with E-state index in [1.165, 1.54) is 4.90 Å². The molecule has 0 aliphatic heterocycles. The van der Waals surface area contributed by atoms with Gasteiger partial charge in [-0.3, -0.25) is 0 Å². The van der Waals surface area contributed by atoms with Crippen molar-refractivity contribution in [2.24, 2.45) is 0 Å². The normalized spacial score (nSPS) is 12.4. The van der Waals surface area contributed by atoms with E-state index in [2.05, 4.69) is 34.6 Å². The number of halogens is 1. The van der Waals surface area contributed by atoms with Crippen LogP contribution in [0.5, 0.6) is 0 Å². The van der Waals surface area contributed by atoms with Gasteiger partial charge in [0.1, 0.15) is 0 Å². The van der Waals surface area contributed by atoms with E-state index in [-0.39, 0.29) is 6.10 Å². The Labute approximate surface area is 104 Å². The van der Waals surface area contributed by atoms with Crippen molar-refractivity contribution < 1.29 is 5.11 Å². The molecule has 1 N–H and O–H groups in total. The topological polar surface area (TPSA) is 20.2 Å². The standard InChI is InChI=1S/C12H15BrOS/c1-10(13)9-11(14)7-8-15-12-5-3-2-4-6-12/h2-6,11,14H,1,7-9H2. The zero-order valence-electron chi connectivity index (χ0n) is 8.53. The number of aliphatic hydroxyl groups excluding tert-OH is 1. The molecule has 1 aromatic rings. The predicted molar refractivity (Wildman–Crippen MR) is 70.5 cm³/mol. The fourth-order valence-electron chi connectivity index (χ4n) is 1.19. The molecular weight excluding hydrogens is 272 g/mol. The van der Waals surface area contributed by atoms with Crippen molar-refractivity contribution in [3.8, 4) is 0 Å². The minimum Gasteiger partial charge on any atom is -0.393 e. The number of aliphatic hydroxyl groups is 1. The summed E-state index contributed by atoms with van der Waals surface area (Å²) >= 11 is 5.02. The number of thioether (sulfide) groups is 1. The monoisotopic (exact) mass is 286 g/mol. The van der Waals surface area contributed by atoms with Gasteiger partial charge in [-0.25, -0.2) is 0 Å². The zero-order chi connectivity index (χ0) is 11.1. The molecule has 0 aromatic heterocycles. The van der Waals surface area contributed by atoms with E-state index in [0.717, 1.165) is 16.7 Å². The van der Waals surface area contributed by atoms with Gasteiger partial charge in [-0.2, -0.15) is 0 Å². The SMILES string of the molecule is C=C(Br)CC(O)CCSc1ccccc1. The molecule has 0 amide bonds. The quantitative estimate of drug-likeness (QED) is 0.802. The highest BCUT2D eigenvalue weighted by Crippen LogP contribution is 2.20. The molecule has 0 heterocycles. The molecule has 15 heavy (non-hydrogen) atoms. The van der Waals surface area contributed by atoms with Gasteiger partial charge < -0.3 is 5.11 Å². The molecule has 0 saturated heterocycles. The van der Waals surface area contributed by atoms with Crippen LogP contribution >= 0.6 is 27.7 Å². The second kappa shape index (κ2) is 7.09. The average molecular weight is 287 g/mol. The Morgan fingerprint density at radius 3 is 2.67 bits per heavy atom. The zero-order valence-corrected chi connectivity index (χ0v) is 10.9. The fourth-order valence-corrected chi connectivity index (χ4v) is 2.54. The molecule has 1 unspecified atom stereocenters. The van der Waals surface area contributed by atoms with E-state index in [4.69, 9.17) is 0 Å². The molecule has 1 atom stereocenters. The summed E-state index contributed by atoms with van der Waals surface area (Å²) < 4.78 is 0.861. The van der Waals surface area contributed by atoms with Crippen molar-refractivity contribution in [1.29, 1.82) is 0 Å². The van der Waals surface area contributed by atoms with Gasteiger partial charge in [-0.15, -0.1) is 11.8 Å². The first-order chi connectivity index (χ1) is 7.18. The summed E-state index contributed by atoms with van der Waals surface area (Å²) in [6, 6.07) is 10.2. The fraction of sp³-hybridized carbons (Fsp3) is 0.333. The molecule has 0 spiro atoms. The molecule has 0 saturated carbocycles. The second-order valence-corrected chi connectivity index (χ2v) is 5.62. The summed E-state index contributed by atoms with van der Waals surface area (Å²) in [7, 11) is 0. The molecule has 0 bridgehead atoms. The number of hydrogen-bond acceptors (Lipinski definition) is 2. The summed E-state index contributed by atoms with van der Waals surface area (Å²) in [5.41, 5.74) is 0. The third kappa shape index (κ3) is 6.03.